The predicted octanol–water partition coefficient (Wildman–Crippen LogP) is 4.28. The molecular formula is C27H36N4O2. The third-order valence-corrected chi connectivity index (χ3v) is 5.94. The van der Waals surface area contributed by atoms with E-state index in [4.69, 9.17) is 4.98 Å². The van der Waals surface area contributed by atoms with Crippen molar-refractivity contribution in [3.63, 3.8) is 0 Å². The average molecular weight is 449 g/mol. The molecule has 33 heavy (non-hydrogen) atoms. The van der Waals surface area contributed by atoms with Crippen LogP contribution in [0.1, 0.15) is 51.1 Å². The molecule has 1 heterocycles. The molecule has 6 nitrogen and oxygen atoms in total. The van der Waals surface area contributed by atoms with Gasteiger partial charge in [-0.15, -0.1) is 0 Å². The summed E-state index contributed by atoms with van der Waals surface area (Å²) in [7, 11) is 0. The number of fused-ring (bicyclic) bond motifs is 1. The number of para-hydroxylation sites is 2. The highest BCUT2D eigenvalue weighted by molar-refractivity contribution is 5.81. The molecule has 0 radical (unpaired) electrons. The highest BCUT2D eigenvalue weighted by Gasteiger charge is 2.22. The molecule has 0 bridgehead atoms. The summed E-state index contributed by atoms with van der Waals surface area (Å²) in [6.07, 6.45) is 1.84. The summed E-state index contributed by atoms with van der Waals surface area (Å²) in [5.41, 5.74) is 4.04. The van der Waals surface area contributed by atoms with Gasteiger partial charge in [0, 0.05) is 25.0 Å². The van der Waals surface area contributed by atoms with Gasteiger partial charge in [-0.25, -0.2) is 4.98 Å². The first kappa shape index (κ1) is 24.5. The van der Waals surface area contributed by atoms with Crippen LogP contribution in [0.5, 0.6) is 0 Å². The second-order valence-corrected chi connectivity index (χ2v) is 9.15. The summed E-state index contributed by atoms with van der Waals surface area (Å²) in [5, 5.41) is 3.02. The lowest BCUT2D eigenvalue weighted by Crippen LogP contribution is -2.43. The number of nitrogens with one attached hydrogen (secondary N) is 1. The highest BCUT2D eigenvalue weighted by Crippen LogP contribution is 2.18. The Labute approximate surface area is 197 Å². The number of imidazole rings is 1. The maximum absolute atomic E-state index is 13.1. The van der Waals surface area contributed by atoms with Gasteiger partial charge in [-0.3, -0.25) is 9.59 Å². The van der Waals surface area contributed by atoms with Gasteiger partial charge in [0.2, 0.25) is 11.8 Å². The number of hydrogen-bond donors (Lipinski definition) is 1. The summed E-state index contributed by atoms with van der Waals surface area (Å²) in [5.74, 6) is 0.999. The molecule has 0 fully saturated rings. The summed E-state index contributed by atoms with van der Waals surface area (Å²) in [6, 6.07) is 16.2. The van der Waals surface area contributed by atoms with Crippen molar-refractivity contribution in [1.29, 1.82) is 0 Å². The molecular weight excluding hydrogens is 412 g/mol. The quantitative estimate of drug-likeness (QED) is 0.471. The van der Waals surface area contributed by atoms with Crippen LogP contribution in [0.4, 0.5) is 0 Å². The average Bonchev–Trinajstić information content (AvgIpc) is 3.09. The van der Waals surface area contributed by atoms with E-state index < -0.39 is 0 Å². The number of aryl methyl sites for hydroxylation is 2. The van der Waals surface area contributed by atoms with E-state index in [1.165, 1.54) is 0 Å². The first-order valence-electron chi connectivity index (χ1n) is 11.8. The Morgan fingerprint density at radius 3 is 2.36 bits per heavy atom. The maximum Gasteiger partial charge on any atom is 0.243 e. The molecule has 0 aliphatic heterocycles. The molecule has 1 aromatic heterocycles. The van der Waals surface area contributed by atoms with Crippen LogP contribution in [0.2, 0.25) is 0 Å². The summed E-state index contributed by atoms with van der Waals surface area (Å²) >= 11 is 0. The molecule has 2 aromatic carbocycles. The zero-order chi connectivity index (χ0) is 24.0. The van der Waals surface area contributed by atoms with Gasteiger partial charge >= 0.3 is 0 Å². The third kappa shape index (κ3) is 6.21. The van der Waals surface area contributed by atoms with Gasteiger partial charge in [0.05, 0.1) is 17.5 Å². The molecule has 2 amide bonds. The van der Waals surface area contributed by atoms with E-state index in [9.17, 15) is 9.59 Å². The monoisotopic (exact) mass is 448 g/mol. The van der Waals surface area contributed by atoms with Gasteiger partial charge in [0.15, 0.2) is 0 Å². The number of hydrogen-bond acceptors (Lipinski definition) is 3. The van der Waals surface area contributed by atoms with Crippen LogP contribution >= 0.6 is 0 Å². The Kier molecular flexibility index (Phi) is 8.26. The minimum Gasteiger partial charge on any atom is -0.356 e. The predicted molar refractivity (Wildman–Crippen MR) is 133 cm³/mol. The Hall–Kier alpha value is -3.15. The second-order valence-electron chi connectivity index (χ2n) is 9.15. The van der Waals surface area contributed by atoms with E-state index in [1.807, 2.05) is 92.6 Å². The summed E-state index contributed by atoms with van der Waals surface area (Å²) in [4.78, 5) is 32.2. The number of amides is 2. The highest BCUT2D eigenvalue weighted by atomic mass is 16.2. The van der Waals surface area contributed by atoms with Crippen molar-refractivity contribution >= 4 is 22.8 Å². The second kappa shape index (κ2) is 11.1. The first-order valence-corrected chi connectivity index (χ1v) is 11.8. The van der Waals surface area contributed by atoms with Crippen molar-refractivity contribution in [3.05, 3.63) is 65.5 Å². The van der Waals surface area contributed by atoms with Gasteiger partial charge in [0.1, 0.15) is 12.4 Å². The van der Waals surface area contributed by atoms with E-state index in [-0.39, 0.29) is 30.4 Å². The van der Waals surface area contributed by atoms with Crippen molar-refractivity contribution in [1.82, 2.24) is 19.8 Å². The van der Waals surface area contributed by atoms with Gasteiger partial charge in [-0.2, -0.15) is 0 Å². The molecule has 0 saturated heterocycles. The lowest BCUT2D eigenvalue weighted by molar-refractivity contribution is -0.135. The molecule has 0 saturated carbocycles. The van der Waals surface area contributed by atoms with E-state index in [0.717, 1.165) is 34.4 Å². The van der Waals surface area contributed by atoms with Crippen molar-refractivity contribution in [2.75, 3.05) is 6.54 Å². The van der Waals surface area contributed by atoms with Crippen molar-refractivity contribution < 1.29 is 9.59 Å². The molecule has 1 N–H and O–H groups in total. The van der Waals surface area contributed by atoms with Crippen LogP contribution in [-0.4, -0.2) is 44.9 Å². The molecule has 0 aliphatic rings. The van der Waals surface area contributed by atoms with Crippen LogP contribution in [0.3, 0.4) is 0 Å². The SMILES string of the molecule is Cc1ccccc1CC(=O)NCCCc1nc2ccccc2n1CC(=O)N(C(C)C)C(C)C. The minimum atomic E-state index is 0.0255. The fourth-order valence-corrected chi connectivity index (χ4v) is 4.40. The smallest absolute Gasteiger partial charge is 0.243 e. The van der Waals surface area contributed by atoms with Crippen molar-refractivity contribution in [2.45, 2.75) is 72.5 Å². The molecule has 176 valence electrons. The standard InChI is InChI=1S/C27H36N4O2/c1-19(2)31(20(3)4)27(33)18-30-24-14-9-8-13-23(24)29-25(30)15-10-16-28-26(32)17-22-12-7-6-11-21(22)5/h6-9,11-14,19-20H,10,15-18H2,1-5H3,(H,28,32). The molecule has 6 heteroatoms. The Bertz CT molecular complexity index is 1090. The summed E-state index contributed by atoms with van der Waals surface area (Å²) in [6.45, 7) is 11.1. The Morgan fingerprint density at radius 1 is 1.00 bits per heavy atom. The van der Waals surface area contributed by atoms with Crippen LogP contribution in [0.25, 0.3) is 11.0 Å². The number of carbonyl (C=O) groups is 2. The van der Waals surface area contributed by atoms with Gasteiger partial charge in [0.25, 0.3) is 0 Å². The normalized spacial score (nSPS) is 11.4. The molecule has 0 aliphatic carbocycles. The molecule has 0 spiro atoms. The van der Waals surface area contributed by atoms with Gasteiger partial charge < -0.3 is 14.8 Å². The number of carbonyl (C=O) groups excluding carboxylic acids is 2. The Balaban J connectivity index is 1.65. The third-order valence-electron chi connectivity index (χ3n) is 5.94. The largest absolute Gasteiger partial charge is 0.356 e. The minimum absolute atomic E-state index is 0.0255. The lowest BCUT2D eigenvalue weighted by atomic mass is 10.1. The topological polar surface area (TPSA) is 67.2 Å². The number of rotatable bonds is 10. The fourth-order valence-electron chi connectivity index (χ4n) is 4.40. The van der Waals surface area contributed by atoms with Crippen LogP contribution < -0.4 is 5.32 Å². The molecule has 3 rings (SSSR count). The number of aromatic nitrogens is 2. The summed E-state index contributed by atoms with van der Waals surface area (Å²) < 4.78 is 2.03. The van der Waals surface area contributed by atoms with Crippen LogP contribution in [0, 0.1) is 6.92 Å². The fraction of sp³-hybridized carbons (Fsp3) is 0.444. The maximum atomic E-state index is 13.1. The van der Waals surface area contributed by atoms with Crippen molar-refractivity contribution in [2.24, 2.45) is 0 Å². The first-order chi connectivity index (χ1) is 15.8. The molecule has 3 aromatic rings. The van der Waals surface area contributed by atoms with Crippen LogP contribution in [0.15, 0.2) is 48.5 Å². The number of benzene rings is 2. The molecule has 0 atom stereocenters. The van der Waals surface area contributed by atoms with Gasteiger partial charge in [-0.1, -0.05) is 36.4 Å². The van der Waals surface area contributed by atoms with Crippen LogP contribution in [-0.2, 0) is 29.0 Å². The lowest BCUT2D eigenvalue weighted by Gasteiger charge is -2.31. The van der Waals surface area contributed by atoms with E-state index in [0.29, 0.717) is 19.4 Å². The zero-order valence-electron chi connectivity index (χ0n) is 20.5. The molecule has 0 unspecified atom stereocenters. The van der Waals surface area contributed by atoms with Gasteiger partial charge in [-0.05, 0) is 64.3 Å². The van der Waals surface area contributed by atoms with E-state index in [1.54, 1.807) is 0 Å². The van der Waals surface area contributed by atoms with E-state index >= 15 is 0 Å². The van der Waals surface area contributed by atoms with Crippen molar-refractivity contribution in [3.8, 4) is 0 Å². The number of nitrogens with zero attached hydrogens (tertiary/aromatic N) is 3. The zero-order valence-corrected chi connectivity index (χ0v) is 20.5. The Morgan fingerprint density at radius 2 is 1.67 bits per heavy atom. The van der Waals surface area contributed by atoms with E-state index in [2.05, 4.69) is 5.32 Å².